The van der Waals surface area contributed by atoms with Crippen LogP contribution in [0, 0.1) is 0 Å². The molecule has 1 aliphatic heterocycles. The number of carbonyl (C=O) groups excluding carboxylic acids is 1. The Bertz CT molecular complexity index is 1030. The van der Waals surface area contributed by atoms with Gasteiger partial charge in [0.25, 0.3) is 0 Å². The summed E-state index contributed by atoms with van der Waals surface area (Å²) < 4.78 is 12.5. The van der Waals surface area contributed by atoms with Gasteiger partial charge < -0.3 is 14.8 Å². The minimum atomic E-state index is -0.312. The second-order valence-electron chi connectivity index (χ2n) is 7.00. The molecule has 0 radical (unpaired) electrons. The van der Waals surface area contributed by atoms with Gasteiger partial charge in [0, 0.05) is 55.8 Å². The molecule has 0 aliphatic carbocycles. The van der Waals surface area contributed by atoms with Gasteiger partial charge in [-0.2, -0.15) is 0 Å². The number of pyridine rings is 1. The van der Waals surface area contributed by atoms with Gasteiger partial charge >= 0.3 is 6.03 Å². The van der Waals surface area contributed by atoms with Crippen molar-refractivity contribution in [2.24, 2.45) is 0 Å². The Labute approximate surface area is 184 Å². The van der Waals surface area contributed by atoms with Crippen molar-refractivity contribution in [2.45, 2.75) is 0 Å². The Kier molecular flexibility index (Phi) is 7.08. The Balaban J connectivity index is 1.56. The normalized spacial score (nSPS) is 14.3. The molecule has 0 bridgehead atoms. The van der Waals surface area contributed by atoms with Gasteiger partial charge in [-0.25, -0.2) is 9.78 Å². The summed E-state index contributed by atoms with van der Waals surface area (Å²) in [5.41, 5.74) is 2.68. The van der Waals surface area contributed by atoms with Gasteiger partial charge in [-0.05, 0) is 12.1 Å². The van der Waals surface area contributed by atoms with E-state index in [1.807, 2.05) is 30.5 Å². The average molecular weight is 440 g/mol. The van der Waals surface area contributed by atoms with Crippen molar-refractivity contribution >= 4 is 32.7 Å². The lowest BCUT2D eigenvalue weighted by Gasteiger charge is -2.26. The van der Waals surface area contributed by atoms with E-state index in [1.165, 1.54) is 11.3 Å². The van der Waals surface area contributed by atoms with Crippen LogP contribution in [0.3, 0.4) is 0 Å². The molecular weight excluding hydrogens is 414 g/mol. The van der Waals surface area contributed by atoms with Crippen molar-refractivity contribution in [1.82, 2.24) is 20.2 Å². The highest BCUT2D eigenvalue weighted by Gasteiger charge is 2.15. The lowest BCUT2D eigenvalue weighted by Crippen LogP contribution is -2.38. The van der Waals surface area contributed by atoms with E-state index in [9.17, 15) is 4.79 Å². The van der Waals surface area contributed by atoms with Crippen molar-refractivity contribution in [2.75, 3.05) is 51.3 Å². The van der Waals surface area contributed by atoms with Crippen LogP contribution in [-0.4, -0.2) is 66.9 Å². The second-order valence-corrected chi connectivity index (χ2v) is 8.03. The van der Waals surface area contributed by atoms with Crippen molar-refractivity contribution in [3.63, 3.8) is 0 Å². The van der Waals surface area contributed by atoms with Crippen molar-refractivity contribution in [3.8, 4) is 16.9 Å². The average Bonchev–Trinajstić information content (AvgIpc) is 3.19. The summed E-state index contributed by atoms with van der Waals surface area (Å²) in [5, 5.41) is 5.98. The molecular formula is C22H25N5O3S. The number of urea groups is 1. The van der Waals surface area contributed by atoms with Crippen LogP contribution in [-0.2, 0) is 4.74 Å². The summed E-state index contributed by atoms with van der Waals surface area (Å²) in [4.78, 5) is 23.1. The molecule has 0 spiro atoms. The Morgan fingerprint density at radius 3 is 3.00 bits per heavy atom. The molecule has 2 amide bonds. The lowest BCUT2D eigenvalue weighted by atomic mass is 10.1. The lowest BCUT2D eigenvalue weighted by molar-refractivity contribution is 0.0323. The summed E-state index contributed by atoms with van der Waals surface area (Å²) in [6.45, 7) is 8.79. The Hall–Kier alpha value is -3.01. The number of amides is 2. The third kappa shape index (κ3) is 5.57. The molecule has 162 valence electrons. The van der Waals surface area contributed by atoms with Gasteiger partial charge in [-0.15, -0.1) is 6.58 Å². The number of fused-ring (bicyclic) bond motifs is 1. The van der Waals surface area contributed by atoms with Crippen LogP contribution in [0.25, 0.3) is 21.3 Å². The highest BCUT2D eigenvalue weighted by molar-refractivity contribution is 7.22. The Morgan fingerprint density at radius 1 is 1.35 bits per heavy atom. The Morgan fingerprint density at radius 2 is 2.23 bits per heavy atom. The zero-order chi connectivity index (χ0) is 21.5. The number of morpholine rings is 1. The third-order valence-corrected chi connectivity index (χ3v) is 5.79. The first-order chi connectivity index (χ1) is 15.2. The van der Waals surface area contributed by atoms with Crippen LogP contribution in [0.2, 0.25) is 0 Å². The molecule has 2 N–H and O–H groups in total. The van der Waals surface area contributed by atoms with E-state index in [1.54, 1.807) is 12.3 Å². The van der Waals surface area contributed by atoms with E-state index >= 15 is 0 Å². The molecule has 1 fully saturated rings. The fourth-order valence-electron chi connectivity index (χ4n) is 3.29. The first-order valence-corrected chi connectivity index (χ1v) is 11.0. The second kappa shape index (κ2) is 10.3. The van der Waals surface area contributed by atoms with Crippen molar-refractivity contribution in [3.05, 3.63) is 49.3 Å². The number of carbonyl (C=O) groups is 1. The summed E-state index contributed by atoms with van der Waals surface area (Å²) in [7, 11) is 0. The first-order valence-electron chi connectivity index (χ1n) is 10.2. The summed E-state index contributed by atoms with van der Waals surface area (Å²) in [6.07, 6.45) is 5.18. The largest absolute Gasteiger partial charge is 0.492 e. The number of thiazole rings is 1. The van der Waals surface area contributed by atoms with E-state index in [0.29, 0.717) is 18.3 Å². The van der Waals surface area contributed by atoms with E-state index in [4.69, 9.17) is 9.47 Å². The molecule has 8 nitrogen and oxygen atoms in total. The first kappa shape index (κ1) is 21.2. The molecule has 9 heteroatoms. The molecule has 3 aromatic rings. The molecule has 2 aromatic heterocycles. The minimum absolute atomic E-state index is 0.312. The molecule has 0 unspecified atom stereocenters. The number of benzene rings is 1. The van der Waals surface area contributed by atoms with Crippen LogP contribution in [0.1, 0.15) is 0 Å². The van der Waals surface area contributed by atoms with Crippen LogP contribution >= 0.6 is 11.3 Å². The smallest absolute Gasteiger partial charge is 0.321 e. The molecule has 1 aliphatic rings. The van der Waals surface area contributed by atoms with Crippen LogP contribution in [0.5, 0.6) is 5.75 Å². The number of hydrogen-bond donors (Lipinski definition) is 2. The number of hydrogen-bond acceptors (Lipinski definition) is 7. The van der Waals surface area contributed by atoms with Gasteiger partial charge in [-0.3, -0.25) is 15.2 Å². The predicted octanol–water partition coefficient (Wildman–Crippen LogP) is 3.38. The molecule has 1 saturated heterocycles. The maximum Gasteiger partial charge on any atom is 0.321 e. The molecule has 31 heavy (non-hydrogen) atoms. The molecule has 0 atom stereocenters. The van der Waals surface area contributed by atoms with E-state index in [2.05, 4.69) is 32.1 Å². The maximum absolute atomic E-state index is 11.9. The predicted molar refractivity (Wildman–Crippen MR) is 123 cm³/mol. The fraction of sp³-hybridized carbons (Fsp3) is 0.318. The molecule has 4 rings (SSSR count). The van der Waals surface area contributed by atoms with Gasteiger partial charge in [0.1, 0.15) is 12.4 Å². The van der Waals surface area contributed by atoms with Gasteiger partial charge in [0.2, 0.25) is 0 Å². The zero-order valence-corrected chi connectivity index (χ0v) is 18.0. The van der Waals surface area contributed by atoms with Gasteiger partial charge in [-0.1, -0.05) is 23.5 Å². The molecule has 1 aromatic carbocycles. The SMILES string of the molecule is C=CCNC(=O)Nc1nc2cc(-c3cccnc3)c(OCCN3CCOCC3)cc2s1. The standard InChI is InChI=1S/C22H25N5O3S/c1-2-5-24-21(28)26-22-25-18-13-17(16-4-3-6-23-15-16)19(14-20(18)31-22)30-12-9-27-7-10-29-11-8-27/h2-4,6,13-15H,1,5,7-12H2,(H2,24,25,26,28). The fourth-order valence-corrected chi connectivity index (χ4v) is 4.16. The number of rotatable bonds is 8. The van der Waals surface area contributed by atoms with Crippen molar-refractivity contribution < 1.29 is 14.3 Å². The third-order valence-electron chi connectivity index (χ3n) is 4.86. The summed E-state index contributed by atoms with van der Waals surface area (Å²) >= 11 is 1.41. The summed E-state index contributed by atoms with van der Waals surface area (Å²) in [5.74, 6) is 0.778. The van der Waals surface area contributed by atoms with Crippen LogP contribution in [0.15, 0.2) is 49.3 Å². The number of ether oxygens (including phenoxy) is 2. The van der Waals surface area contributed by atoms with Gasteiger partial charge in [0.05, 0.1) is 23.4 Å². The number of nitrogens with zero attached hydrogens (tertiary/aromatic N) is 3. The number of nitrogens with one attached hydrogen (secondary N) is 2. The van der Waals surface area contributed by atoms with Gasteiger partial charge in [0.15, 0.2) is 5.13 Å². The van der Waals surface area contributed by atoms with E-state index in [0.717, 1.165) is 59.9 Å². The zero-order valence-electron chi connectivity index (χ0n) is 17.2. The molecule has 0 saturated carbocycles. The number of aromatic nitrogens is 2. The topological polar surface area (TPSA) is 88.6 Å². The molecule has 3 heterocycles. The number of anilines is 1. The maximum atomic E-state index is 11.9. The minimum Gasteiger partial charge on any atom is -0.492 e. The summed E-state index contributed by atoms with van der Waals surface area (Å²) in [6, 6.07) is 7.56. The monoisotopic (exact) mass is 439 g/mol. The van der Waals surface area contributed by atoms with Crippen molar-refractivity contribution in [1.29, 1.82) is 0 Å². The van der Waals surface area contributed by atoms with E-state index in [-0.39, 0.29) is 6.03 Å². The van der Waals surface area contributed by atoms with Crippen LogP contribution in [0.4, 0.5) is 9.93 Å². The highest BCUT2D eigenvalue weighted by Crippen LogP contribution is 2.37. The highest BCUT2D eigenvalue weighted by atomic mass is 32.1. The quantitative estimate of drug-likeness (QED) is 0.523. The van der Waals surface area contributed by atoms with Crippen LogP contribution < -0.4 is 15.4 Å². The van der Waals surface area contributed by atoms with E-state index < -0.39 is 0 Å².